The molecule has 0 spiro atoms. The van der Waals surface area contributed by atoms with Gasteiger partial charge < -0.3 is 19.7 Å². The van der Waals surface area contributed by atoms with Gasteiger partial charge in [0.2, 0.25) is 0 Å². The van der Waals surface area contributed by atoms with Crippen LogP contribution in [0, 0.1) is 0 Å². The van der Waals surface area contributed by atoms with E-state index >= 15 is 0 Å². The summed E-state index contributed by atoms with van der Waals surface area (Å²) in [6, 6.07) is 16.6. The Morgan fingerprint density at radius 2 is 1.71 bits per heavy atom. The summed E-state index contributed by atoms with van der Waals surface area (Å²) < 4.78 is 10.5. The first-order valence-electron chi connectivity index (χ1n) is 10.4. The molecule has 0 atom stereocenters. The summed E-state index contributed by atoms with van der Waals surface area (Å²) in [6.07, 6.45) is 3.68. The van der Waals surface area contributed by atoms with Gasteiger partial charge in [-0.05, 0) is 61.7 Å². The molecule has 1 fully saturated rings. The molecule has 2 aromatic carbocycles. The van der Waals surface area contributed by atoms with Gasteiger partial charge in [0, 0.05) is 29.9 Å². The maximum absolute atomic E-state index is 12.7. The lowest BCUT2D eigenvalue weighted by Gasteiger charge is -2.27. The zero-order valence-electron chi connectivity index (χ0n) is 17.8. The van der Waals surface area contributed by atoms with E-state index in [-0.39, 0.29) is 5.91 Å². The predicted octanol–water partition coefficient (Wildman–Crippen LogP) is 4.40. The molecule has 160 valence electrons. The number of aromatic nitrogens is 2. The summed E-state index contributed by atoms with van der Waals surface area (Å²) in [7, 11) is 3.10. The Balaban J connectivity index is 1.49. The Kier molecular flexibility index (Phi) is 6.31. The van der Waals surface area contributed by atoms with Crippen molar-refractivity contribution in [2.24, 2.45) is 0 Å². The lowest BCUT2D eigenvalue weighted by atomic mass is 10.1. The average molecular weight is 418 g/mol. The lowest BCUT2D eigenvalue weighted by molar-refractivity contribution is 0.102. The topological polar surface area (TPSA) is 76.6 Å². The van der Waals surface area contributed by atoms with Gasteiger partial charge in [-0.15, -0.1) is 10.2 Å². The third kappa shape index (κ3) is 4.77. The number of methoxy groups -OCH3 is 2. The number of carbonyl (C=O) groups is 1. The Morgan fingerprint density at radius 1 is 0.903 bits per heavy atom. The number of ether oxygens (including phenoxy) is 2. The second-order valence-corrected chi connectivity index (χ2v) is 7.43. The van der Waals surface area contributed by atoms with Crippen LogP contribution in [0.1, 0.15) is 29.6 Å². The highest BCUT2D eigenvalue weighted by Gasteiger charge is 2.14. The van der Waals surface area contributed by atoms with Crippen molar-refractivity contribution in [3.63, 3.8) is 0 Å². The first kappa shape index (κ1) is 20.7. The van der Waals surface area contributed by atoms with Crippen LogP contribution >= 0.6 is 0 Å². The number of nitrogens with one attached hydrogen (secondary N) is 1. The van der Waals surface area contributed by atoms with Gasteiger partial charge >= 0.3 is 0 Å². The van der Waals surface area contributed by atoms with E-state index in [1.54, 1.807) is 32.4 Å². The van der Waals surface area contributed by atoms with Crippen LogP contribution in [0.3, 0.4) is 0 Å². The van der Waals surface area contributed by atoms with Crippen molar-refractivity contribution in [1.82, 2.24) is 10.2 Å². The Bertz CT molecular complexity index is 1050. The van der Waals surface area contributed by atoms with E-state index in [9.17, 15) is 4.79 Å². The molecular weight excluding hydrogens is 392 g/mol. The van der Waals surface area contributed by atoms with Gasteiger partial charge in [0.05, 0.1) is 19.9 Å². The Labute approximate surface area is 182 Å². The highest BCUT2D eigenvalue weighted by molar-refractivity contribution is 6.04. The second kappa shape index (κ2) is 9.47. The van der Waals surface area contributed by atoms with Gasteiger partial charge in [0.25, 0.3) is 5.91 Å². The molecule has 0 radical (unpaired) electrons. The second-order valence-electron chi connectivity index (χ2n) is 7.43. The first-order chi connectivity index (χ1) is 15.2. The van der Waals surface area contributed by atoms with E-state index in [1.165, 1.54) is 19.3 Å². The normalized spacial score (nSPS) is 13.5. The molecule has 0 aliphatic carbocycles. The minimum Gasteiger partial charge on any atom is -0.493 e. The highest BCUT2D eigenvalue weighted by atomic mass is 16.5. The van der Waals surface area contributed by atoms with Crippen molar-refractivity contribution in [2.75, 3.05) is 37.5 Å². The summed E-state index contributed by atoms with van der Waals surface area (Å²) >= 11 is 0. The zero-order valence-corrected chi connectivity index (χ0v) is 17.8. The fraction of sp³-hybridized carbons (Fsp3) is 0.292. The van der Waals surface area contributed by atoms with E-state index < -0.39 is 0 Å². The lowest BCUT2D eigenvalue weighted by Crippen LogP contribution is -2.30. The number of benzene rings is 2. The molecule has 0 saturated carbocycles. The maximum Gasteiger partial charge on any atom is 0.255 e. The molecule has 1 aliphatic rings. The number of piperidine rings is 1. The first-order valence-corrected chi connectivity index (χ1v) is 10.4. The van der Waals surface area contributed by atoms with Crippen LogP contribution < -0.4 is 19.7 Å². The number of hydrogen-bond acceptors (Lipinski definition) is 6. The van der Waals surface area contributed by atoms with Crippen molar-refractivity contribution < 1.29 is 14.3 Å². The van der Waals surface area contributed by atoms with Crippen molar-refractivity contribution in [1.29, 1.82) is 0 Å². The molecular formula is C24H26N4O3. The highest BCUT2D eigenvalue weighted by Crippen LogP contribution is 2.28. The van der Waals surface area contributed by atoms with Crippen LogP contribution in [-0.4, -0.2) is 43.4 Å². The Morgan fingerprint density at radius 3 is 2.42 bits per heavy atom. The van der Waals surface area contributed by atoms with Crippen LogP contribution in [0.2, 0.25) is 0 Å². The quantitative estimate of drug-likeness (QED) is 0.639. The van der Waals surface area contributed by atoms with Crippen molar-refractivity contribution in [3.05, 3.63) is 60.2 Å². The summed E-state index contributed by atoms with van der Waals surface area (Å²) in [6.45, 7) is 2.07. The predicted molar refractivity (Wildman–Crippen MR) is 121 cm³/mol. The van der Waals surface area contributed by atoms with Crippen LogP contribution in [-0.2, 0) is 0 Å². The standard InChI is InChI=1S/C24H26N4O3/c1-30-21-11-9-18(16-22(21)31-2)24(29)25-19-8-6-7-17(15-19)20-10-12-23(27-26-20)28-13-4-3-5-14-28/h6-12,15-16H,3-5,13-14H2,1-2H3,(H,25,29). The molecule has 2 heterocycles. The van der Waals surface area contributed by atoms with Crippen molar-refractivity contribution in [3.8, 4) is 22.8 Å². The maximum atomic E-state index is 12.7. The number of amides is 1. The smallest absolute Gasteiger partial charge is 0.255 e. The summed E-state index contributed by atoms with van der Waals surface area (Å²) in [5.74, 6) is 1.77. The van der Waals surface area contributed by atoms with Crippen LogP contribution in [0.5, 0.6) is 11.5 Å². The fourth-order valence-corrected chi connectivity index (χ4v) is 3.71. The minimum absolute atomic E-state index is 0.232. The molecule has 1 aliphatic heterocycles. The van der Waals surface area contributed by atoms with Crippen molar-refractivity contribution >= 4 is 17.4 Å². The molecule has 0 unspecified atom stereocenters. The number of hydrogen-bond donors (Lipinski definition) is 1. The van der Waals surface area contributed by atoms with Gasteiger partial charge in [0.1, 0.15) is 0 Å². The van der Waals surface area contributed by atoms with Gasteiger partial charge in [-0.1, -0.05) is 12.1 Å². The molecule has 1 amide bonds. The summed E-state index contributed by atoms with van der Waals surface area (Å²) in [5.41, 5.74) is 2.82. The fourth-order valence-electron chi connectivity index (χ4n) is 3.71. The average Bonchev–Trinajstić information content (AvgIpc) is 2.84. The zero-order chi connectivity index (χ0) is 21.6. The van der Waals surface area contributed by atoms with Crippen LogP contribution in [0.15, 0.2) is 54.6 Å². The van der Waals surface area contributed by atoms with Gasteiger partial charge in [-0.25, -0.2) is 0 Å². The summed E-state index contributed by atoms with van der Waals surface area (Å²) in [4.78, 5) is 15.0. The van der Waals surface area contributed by atoms with Gasteiger partial charge in [-0.3, -0.25) is 4.79 Å². The molecule has 1 N–H and O–H groups in total. The van der Waals surface area contributed by atoms with E-state index in [1.807, 2.05) is 36.4 Å². The van der Waals surface area contributed by atoms with E-state index in [0.29, 0.717) is 22.7 Å². The molecule has 7 heteroatoms. The summed E-state index contributed by atoms with van der Waals surface area (Å²) in [5, 5.41) is 11.8. The Hall–Kier alpha value is -3.61. The number of rotatable bonds is 6. The third-order valence-electron chi connectivity index (χ3n) is 5.39. The van der Waals surface area contributed by atoms with E-state index in [0.717, 1.165) is 30.2 Å². The number of carbonyl (C=O) groups excluding carboxylic acids is 1. The van der Waals surface area contributed by atoms with Crippen LogP contribution in [0.4, 0.5) is 11.5 Å². The van der Waals surface area contributed by atoms with Crippen molar-refractivity contribution in [2.45, 2.75) is 19.3 Å². The molecule has 1 aromatic heterocycles. The molecule has 3 aromatic rings. The van der Waals surface area contributed by atoms with E-state index in [2.05, 4.69) is 20.4 Å². The molecule has 7 nitrogen and oxygen atoms in total. The molecule has 0 bridgehead atoms. The molecule has 1 saturated heterocycles. The SMILES string of the molecule is COc1ccc(C(=O)Nc2cccc(-c3ccc(N4CCCCC4)nn3)c2)cc1OC. The monoisotopic (exact) mass is 418 g/mol. The molecule has 31 heavy (non-hydrogen) atoms. The third-order valence-corrected chi connectivity index (χ3v) is 5.39. The number of nitrogens with zero attached hydrogens (tertiary/aromatic N) is 3. The number of anilines is 2. The molecule has 4 rings (SSSR count). The minimum atomic E-state index is -0.232. The van der Waals surface area contributed by atoms with Gasteiger partial charge in [-0.2, -0.15) is 0 Å². The largest absolute Gasteiger partial charge is 0.493 e. The van der Waals surface area contributed by atoms with Crippen LogP contribution in [0.25, 0.3) is 11.3 Å². The van der Waals surface area contributed by atoms with Gasteiger partial charge in [0.15, 0.2) is 17.3 Å². The van der Waals surface area contributed by atoms with E-state index in [4.69, 9.17) is 9.47 Å².